The fourth-order valence-electron chi connectivity index (χ4n) is 14.9. The van der Waals surface area contributed by atoms with Gasteiger partial charge < -0.3 is 9.13 Å². The zero-order chi connectivity index (χ0) is 62.6. The SMILES string of the molecule is CC(C)(C)c1ccc2c(c1)c1c(C(C)(C)C)ccc3c1n2-c1cc(-c2nc(-c4cc(-c5ccccc5)cc(-c5ccccc5)c4)nc(-c4cc(-c5ccccc5)cc(-c5ccccc5)c4)n2)cc2c1B3c1ccc(C(C)(C)C)c3c4cc(C(C)(C)C)ccc4n-2c13. The summed E-state index contributed by atoms with van der Waals surface area (Å²) < 4.78 is 5.26. The third-order valence-electron chi connectivity index (χ3n) is 19.5. The lowest BCUT2D eigenvalue weighted by atomic mass is 9.34. The highest BCUT2D eigenvalue weighted by Crippen LogP contribution is 2.47. The average Bonchev–Trinajstić information content (AvgIpc) is 1.57. The molecule has 0 amide bonds. The maximum Gasteiger partial charge on any atom is 0.252 e. The van der Waals surface area contributed by atoms with Crippen molar-refractivity contribution in [3.8, 4) is 90.0 Å². The second-order valence-corrected chi connectivity index (χ2v) is 29.7. The van der Waals surface area contributed by atoms with E-state index in [1.165, 1.54) is 82.3 Å². The van der Waals surface area contributed by atoms with E-state index >= 15 is 0 Å². The van der Waals surface area contributed by atoms with Gasteiger partial charge in [0, 0.05) is 60.6 Å². The number of rotatable bonds is 7. The summed E-state index contributed by atoms with van der Waals surface area (Å²) in [6, 6.07) is 85.7. The fraction of sp³-hybridized carbons (Fsp3) is 0.188. The molecule has 5 nitrogen and oxygen atoms in total. The van der Waals surface area contributed by atoms with Crippen LogP contribution in [0.3, 0.4) is 0 Å². The van der Waals surface area contributed by atoms with Crippen molar-refractivity contribution in [2.75, 3.05) is 0 Å². The first-order valence-electron chi connectivity index (χ1n) is 32.4. The predicted octanol–water partition coefficient (Wildman–Crippen LogP) is 20.1. The molecule has 0 spiro atoms. The van der Waals surface area contributed by atoms with Crippen molar-refractivity contribution in [1.82, 2.24) is 24.1 Å². The van der Waals surface area contributed by atoms with E-state index in [1.54, 1.807) is 0 Å². The maximum atomic E-state index is 5.81. The minimum absolute atomic E-state index is 0.0666. The summed E-state index contributed by atoms with van der Waals surface area (Å²) in [4.78, 5) is 17.3. The van der Waals surface area contributed by atoms with Gasteiger partial charge in [-0.1, -0.05) is 241 Å². The standard InChI is InChI=1S/C85H74BN5/c1-82(2,3)62-33-39-70-64(49-62)74-66(84(7,8)9)35-37-68-77(74)90(70)72-47-61(48-73-76(72)86(68)69-38-36-67(85(10,11)12)75-65-50-63(83(4,5)6)34-40-71(65)91(73)78(69)75)81-88-79(59-43-55(51-25-17-13-18-26-51)41-56(44-59)52-27-19-14-20-28-52)87-80(89-81)60-45-57(53-29-21-15-22-30-53)42-58(46-60)54-31-23-16-24-32-54/h13-50H,1-12H3. The number of fused-ring (bicyclic) bond motifs is 10. The van der Waals surface area contributed by atoms with Gasteiger partial charge in [0.15, 0.2) is 17.5 Å². The van der Waals surface area contributed by atoms with E-state index in [0.29, 0.717) is 17.5 Å². The smallest absolute Gasteiger partial charge is 0.252 e. The fourth-order valence-corrected chi connectivity index (χ4v) is 14.9. The molecule has 2 aliphatic heterocycles. The van der Waals surface area contributed by atoms with Crippen molar-refractivity contribution in [3.05, 3.63) is 253 Å². The van der Waals surface area contributed by atoms with Crippen LogP contribution in [0, 0.1) is 0 Å². The van der Waals surface area contributed by atoms with Gasteiger partial charge in [0.1, 0.15) is 0 Å². The molecule has 3 aromatic heterocycles. The third-order valence-corrected chi connectivity index (χ3v) is 19.5. The Balaban J connectivity index is 1.06. The molecule has 0 bridgehead atoms. The molecule has 11 aromatic carbocycles. The van der Waals surface area contributed by atoms with Gasteiger partial charge in [0.05, 0.1) is 11.0 Å². The Morgan fingerprint density at radius 3 is 0.901 bits per heavy atom. The summed E-state index contributed by atoms with van der Waals surface area (Å²) in [5, 5.41) is 5.23. The first-order valence-corrected chi connectivity index (χ1v) is 32.4. The Bertz CT molecular complexity index is 4860. The lowest BCUT2D eigenvalue weighted by Gasteiger charge is -2.35. The highest BCUT2D eigenvalue weighted by molar-refractivity contribution is 7.00. The minimum Gasteiger partial charge on any atom is -0.310 e. The van der Waals surface area contributed by atoms with Crippen LogP contribution in [0.1, 0.15) is 105 Å². The van der Waals surface area contributed by atoms with Crippen LogP contribution in [0.15, 0.2) is 231 Å². The Morgan fingerprint density at radius 2 is 0.593 bits per heavy atom. The second kappa shape index (κ2) is 20.3. The van der Waals surface area contributed by atoms with Crippen molar-refractivity contribution in [2.24, 2.45) is 0 Å². The molecule has 0 N–H and O–H groups in total. The van der Waals surface area contributed by atoms with E-state index in [0.717, 1.165) is 72.6 Å². The predicted molar refractivity (Wildman–Crippen MR) is 386 cm³/mol. The third kappa shape index (κ3) is 9.23. The van der Waals surface area contributed by atoms with Gasteiger partial charge in [-0.15, -0.1) is 0 Å². The molecule has 0 fully saturated rings. The van der Waals surface area contributed by atoms with Crippen LogP contribution in [0.2, 0.25) is 0 Å². The number of benzene rings is 11. The lowest BCUT2D eigenvalue weighted by molar-refractivity contribution is 0.590. The molecule has 91 heavy (non-hydrogen) atoms. The van der Waals surface area contributed by atoms with Gasteiger partial charge in [0.25, 0.3) is 6.71 Å². The van der Waals surface area contributed by atoms with Crippen molar-refractivity contribution in [3.63, 3.8) is 0 Å². The molecule has 2 aliphatic rings. The molecule has 0 atom stereocenters. The molecular formula is C85H74BN5. The molecular weight excluding hydrogens is 1100 g/mol. The van der Waals surface area contributed by atoms with Gasteiger partial charge in [-0.25, -0.2) is 15.0 Å². The molecule has 16 rings (SSSR count). The lowest BCUT2D eigenvalue weighted by Crippen LogP contribution is -2.59. The summed E-state index contributed by atoms with van der Waals surface area (Å²) in [5.74, 6) is 1.79. The van der Waals surface area contributed by atoms with E-state index in [4.69, 9.17) is 15.0 Å². The highest BCUT2D eigenvalue weighted by atomic mass is 15.1. The molecule has 442 valence electrons. The molecule has 0 saturated carbocycles. The van der Waals surface area contributed by atoms with Crippen LogP contribution in [-0.4, -0.2) is 30.8 Å². The van der Waals surface area contributed by atoms with Crippen LogP contribution < -0.4 is 16.4 Å². The van der Waals surface area contributed by atoms with E-state index in [2.05, 4.69) is 323 Å². The van der Waals surface area contributed by atoms with Crippen molar-refractivity contribution >= 4 is 66.7 Å². The normalized spacial score (nSPS) is 13.0. The summed E-state index contributed by atoms with van der Waals surface area (Å²) in [6.45, 7) is 28.2. The van der Waals surface area contributed by atoms with Gasteiger partial charge in [0.2, 0.25) is 0 Å². The van der Waals surface area contributed by atoms with Crippen molar-refractivity contribution in [2.45, 2.75) is 105 Å². The Kier molecular flexibility index (Phi) is 12.6. The van der Waals surface area contributed by atoms with Crippen LogP contribution in [0.25, 0.3) is 134 Å². The molecule has 0 saturated heterocycles. The Morgan fingerprint density at radius 1 is 0.286 bits per heavy atom. The van der Waals surface area contributed by atoms with Gasteiger partial charge in [-0.05, 0) is 178 Å². The van der Waals surface area contributed by atoms with Gasteiger partial charge in [-0.2, -0.15) is 0 Å². The van der Waals surface area contributed by atoms with Crippen LogP contribution >= 0.6 is 0 Å². The summed E-state index contributed by atoms with van der Waals surface area (Å²) in [5.41, 5.74) is 27.6. The number of hydrogen-bond donors (Lipinski definition) is 0. The van der Waals surface area contributed by atoms with E-state index in [9.17, 15) is 0 Å². The molecule has 0 unspecified atom stereocenters. The summed E-state index contributed by atoms with van der Waals surface area (Å²) in [6.07, 6.45) is 0. The summed E-state index contributed by atoms with van der Waals surface area (Å²) >= 11 is 0. The Labute approximate surface area is 535 Å². The zero-order valence-corrected chi connectivity index (χ0v) is 54.3. The molecule has 6 heteroatoms. The van der Waals surface area contributed by atoms with Crippen molar-refractivity contribution in [1.29, 1.82) is 0 Å². The van der Waals surface area contributed by atoms with E-state index < -0.39 is 0 Å². The quantitative estimate of drug-likeness (QED) is 0.149. The second-order valence-electron chi connectivity index (χ2n) is 29.7. The number of aromatic nitrogens is 5. The first kappa shape index (κ1) is 56.3. The number of nitrogens with zero attached hydrogens (tertiary/aromatic N) is 5. The minimum atomic E-state index is -0.151. The molecule has 5 heterocycles. The topological polar surface area (TPSA) is 48.5 Å². The van der Waals surface area contributed by atoms with E-state index in [-0.39, 0.29) is 28.4 Å². The van der Waals surface area contributed by atoms with Crippen LogP contribution in [0.4, 0.5) is 0 Å². The van der Waals surface area contributed by atoms with E-state index in [1.807, 2.05) is 0 Å². The molecule has 0 aliphatic carbocycles. The summed E-state index contributed by atoms with van der Waals surface area (Å²) in [7, 11) is 0. The van der Waals surface area contributed by atoms with Crippen LogP contribution in [-0.2, 0) is 21.7 Å². The first-order chi connectivity index (χ1) is 43.6. The Hall–Kier alpha value is -9.91. The average molecular weight is 1180 g/mol. The monoisotopic (exact) mass is 1180 g/mol. The van der Waals surface area contributed by atoms with Crippen LogP contribution in [0.5, 0.6) is 0 Å². The highest BCUT2D eigenvalue weighted by Gasteiger charge is 2.43. The zero-order valence-electron chi connectivity index (χ0n) is 54.3. The molecule has 0 radical (unpaired) electrons. The maximum absolute atomic E-state index is 5.81. The van der Waals surface area contributed by atoms with Gasteiger partial charge >= 0.3 is 0 Å². The largest absolute Gasteiger partial charge is 0.310 e. The number of hydrogen-bond acceptors (Lipinski definition) is 3. The van der Waals surface area contributed by atoms with Crippen molar-refractivity contribution < 1.29 is 0 Å². The van der Waals surface area contributed by atoms with Gasteiger partial charge in [-0.3, -0.25) is 0 Å². The molecule has 14 aromatic rings.